The molecule has 0 bridgehead atoms. The summed E-state index contributed by atoms with van der Waals surface area (Å²) in [5.74, 6) is 1.45. The lowest BCUT2D eigenvalue weighted by atomic mass is 10.1. The summed E-state index contributed by atoms with van der Waals surface area (Å²) in [7, 11) is 0. The van der Waals surface area contributed by atoms with Crippen LogP contribution in [-0.2, 0) is 0 Å². The van der Waals surface area contributed by atoms with Gasteiger partial charge in [-0.1, -0.05) is 121 Å². The Morgan fingerprint density at radius 2 is 1.05 bits per heavy atom. The molecular weight excluding hydrogens is 699 g/mol. The van der Waals surface area contributed by atoms with E-state index in [-0.39, 0.29) is 6.17 Å². The molecule has 6 heteroatoms. The van der Waals surface area contributed by atoms with Gasteiger partial charge in [0.25, 0.3) is 0 Å². The number of para-hydroxylation sites is 3. The van der Waals surface area contributed by atoms with Crippen molar-refractivity contribution in [2.75, 3.05) is 0 Å². The molecule has 0 saturated heterocycles. The highest BCUT2D eigenvalue weighted by Gasteiger charge is 2.23. The van der Waals surface area contributed by atoms with E-state index in [0.29, 0.717) is 5.84 Å². The third kappa shape index (κ3) is 4.97. The maximum absolute atomic E-state index is 6.58. The fourth-order valence-electron chi connectivity index (χ4n) is 8.74. The Balaban J connectivity index is 1.02. The molecule has 12 rings (SSSR count). The van der Waals surface area contributed by atoms with Gasteiger partial charge in [-0.05, 0) is 72.3 Å². The summed E-state index contributed by atoms with van der Waals surface area (Å²) in [6.07, 6.45) is -0.274. The first-order valence-electron chi connectivity index (χ1n) is 19.3. The molecule has 4 heterocycles. The lowest BCUT2D eigenvalue weighted by molar-refractivity contribution is 0.667. The monoisotopic (exact) mass is 731 g/mol. The predicted molar refractivity (Wildman–Crippen MR) is 234 cm³/mol. The van der Waals surface area contributed by atoms with Crippen molar-refractivity contribution in [2.24, 2.45) is 9.98 Å². The fraction of sp³-hybridized carbons (Fsp3) is 0.0196. The van der Waals surface area contributed by atoms with Crippen LogP contribution in [0.2, 0.25) is 0 Å². The SMILES string of the molecule is c1ccc(C2=NC(c3ccc4c(c3)oc3ccc(-n5c6ccccc6c6cc7c8ccccc8n(-c8ccccc8)c7cc65)cc34)=NC(c3ccccc3)N2)cc1. The van der Waals surface area contributed by atoms with Crippen LogP contribution in [0.3, 0.4) is 0 Å². The zero-order valence-electron chi connectivity index (χ0n) is 30.7. The molecule has 11 aromatic rings. The first-order valence-corrected chi connectivity index (χ1v) is 19.3. The smallest absolute Gasteiger partial charge is 0.159 e. The van der Waals surface area contributed by atoms with Gasteiger partial charge < -0.3 is 18.9 Å². The lowest BCUT2D eigenvalue weighted by Crippen LogP contribution is -2.33. The van der Waals surface area contributed by atoms with E-state index in [4.69, 9.17) is 14.4 Å². The minimum absolute atomic E-state index is 0.274. The Morgan fingerprint density at radius 3 is 1.77 bits per heavy atom. The molecule has 268 valence electrons. The topological polar surface area (TPSA) is 59.8 Å². The molecule has 0 saturated carbocycles. The number of rotatable bonds is 5. The van der Waals surface area contributed by atoms with Crippen LogP contribution >= 0.6 is 0 Å². The van der Waals surface area contributed by atoms with E-state index in [1.807, 2.05) is 36.4 Å². The average Bonchev–Trinajstić information content (AvgIpc) is 3.93. The van der Waals surface area contributed by atoms with Crippen LogP contribution in [0, 0.1) is 0 Å². The molecule has 8 aromatic carbocycles. The van der Waals surface area contributed by atoms with Gasteiger partial charge in [0.2, 0.25) is 0 Å². The normalized spacial score (nSPS) is 14.5. The molecule has 0 aliphatic carbocycles. The van der Waals surface area contributed by atoms with Crippen molar-refractivity contribution in [3.05, 3.63) is 205 Å². The molecule has 1 N–H and O–H groups in total. The third-order valence-electron chi connectivity index (χ3n) is 11.4. The zero-order valence-corrected chi connectivity index (χ0v) is 30.7. The fourth-order valence-corrected chi connectivity index (χ4v) is 8.74. The first kappa shape index (κ1) is 31.6. The second kappa shape index (κ2) is 12.4. The molecule has 57 heavy (non-hydrogen) atoms. The van der Waals surface area contributed by atoms with E-state index in [0.717, 1.165) is 66.9 Å². The molecule has 1 aliphatic rings. The number of nitrogens with zero attached hydrogens (tertiary/aromatic N) is 4. The van der Waals surface area contributed by atoms with Crippen LogP contribution < -0.4 is 5.32 Å². The summed E-state index contributed by atoms with van der Waals surface area (Å²) in [6, 6.07) is 66.2. The average molecular weight is 732 g/mol. The molecular formula is C51H33N5O. The summed E-state index contributed by atoms with van der Waals surface area (Å²) in [5.41, 5.74) is 11.5. The number of amidine groups is 2. The van der Waals surface area contributed by atoms with E-state index >= 15 is 0 Å². The van der Waals surface area contributed by atoms with Crippen LogP contribution in [0.5, 0.6) is 0 Å². The number of nitrogens with one attached hydrogen (secondary N) is 1. The van der Waals surface area contributed by atoms with E-state index in [2.05, 4.69) is 166 Å². The quantitative estimate of drug-likeness (QED) is 0.192. The molecule has 6 nitrogen and oxygen atoms in total. The highest BCUT2D eigenvalue weighted by atomic mass is 16.3. The Hall–Kier alpha value is -7.70. The second-order valence-corrected chi connectivity index (χ2v) is 14.7. The van der Waals surface area contributed by atoms with Crippen molar-refractivity contribution < 1.29 is 4.42 Å². The van der Waals surface area contributed by atoms with Gasteiger partial charge in [0.15, 0.2) is 5.84 Å². The Kier molecular flexibility index (Phi) is 6.89. The molecule has 1 atom stereocenters. The number of aliphatic imine (C=N–C) groups is 2. The van der Waals surface area contributed by atoms with Gasteiger partial charge in [-0.2, -0.15) is 0 Å². The predicted octanol–water partition coefficient (Wildman–Crippen LogP) is 12.3. The Morgan fingerprint density at radius 1 is 0.421 bits per heavy atom. The van der Waals surface area contributed by atoms with Gasteiger partial charge in [0.05, 0.1) is 22.1 Å². The molecule has 1 unspecified atom stereocenters. The maximum Gasteiger partial charge on any atom is 0.159 e. The van der Waals surface area contributed by atoms with Gasteiger partial charge in [-0.3, -0.25) is 0 Å². The number of hydrogen-bond acceptors (Lipinski definition) is 4. The van der Waals surface area contributed by atoms with Crippen LogP contribution in [-0.4, -0.2) is 20.8 Å². The van der Waals surface area contributed by atoms with Crippen LogP contribution in [0.1, 0.15) is 22.9 Å². The Bertz CT molecular complexity index is 3430. The number of aromatic nitrogens is 2. The van der Waals surface area contributed by atoms with E-state index in [1.54, 1.807) is 0 Å². The molecule has 0 radical (unpaired) electrons. The van der Waals surface area contributed by atoms with E-state index < -0.39 is 0 Å². The van der Waals surface area contributed by atoms with Crippen molar-refractivity contribution >= 4 is 77.2 Å². The summed E-state index contributed by atoms with van der Waals surface area (Å²) < 4.78 is 11.4. The molecule has 0 amide bonds. The second-order valence-electron chi connectivity index (χ2n) is 14.7. The van der Waals surface area contributed by atoms with Gasteiger partial charge in [-0.25, -0.2) is 9.98 Å². The minimum Gasteiger partial charge on any atom is -0.456 e. The van der Waals surface area contributed by atoms with Crippen LogP contribution in [0.4, 0.5) is 0 Å². The highest BCUT2D eigenvalue weighted by molar-refractivity contribution is 6.20. The largest absolute Gasteiger partial charge is 0.456 e. The number of fused-ring (bicyclic) bond motifs is 9. The minimum atomic E-state index is -0.274. The maximum atomic E-state index is 6.58. The zero-order chi connectivity index (χ0) is 37.5. The molecule has 0 spiro atoms. The standard InChI is InChI=1S/C51H33N5O/c1-4-14-32(15-5-1)49-52-50(33-16-6-2-7-17-33)54-51(53-49)34-24-26-39-42-29-36(25-27-47(42)57-48(39)28-34)56-44-23-13-11-21-38(44)41-30-40-37-20-10-12-22-43(37)55(45(40)31-46(41)56)35-18-8-3-9-19-35/h1-31,49H,(H,52,53,54). The van der Waals surface area contributed by atoms with Crippen molar-refractivity contribution in [3.63, 3.8) is 0 Å². The van der Waals surface area contributed by atoms with Gasteiger partial charge in [0.1, 0.15) is 23.2 Å². The summed E-state index contributed by atoms with van der Waals surface area (Å²) in [5, 5.41) is 10.6. The van der Waals surface area contributed by atoms with Crippen molar-refractivity contribution in [1.82, 2.24) is 14.5 Å². The van der Waals surface area contributed by atoms with E-state index in [1.165, 1.54) is 32.6 Å². The molecule has 1 aliphatic heterocycles. The van der Waals surface area contributed by atoms with Crippen molar-refractivity contribution in [2.45, 2.75) is 6.17 Å². The van der Waals surface area contributed by atoms with Gasteiger partial charge in [0, 0.05) is 54.8 Å². The molecule has 0 fully saturated rings. The third-order valence-corrected chi connectivity index (χ3v) is 11.4. The Labute approximate surface area is 327 Å². The van der Waals surface area contributed by atoms with Gasteiger partial charge >= 0.3 is 0 Å². The first-order chi connectivity index (χ1) is 28.2. The van der Waals surface area contributed by atoms with Crippen molar-refractivity contribution in [1.29, 1.82) is 0 Å². The summed E-state index contributed by atoms with van der Waals surface area (Å²) in [6.45, 7) is 0. The number of hydrogen-bond donors (Lipinski definition) is 1. The van der Waals surface area contributed by atoms with Gasteiger partial charge in [-0.15, -0.1) is 0 Å². The van der Waals surface area contributed by atoms with Crippen LogP contribution in [0.15, 0.2) is 202 Å². The summed E-state index contributed by atoms with van der Waals surface area (Å²) in [4.78, 5) is 10.1. The number of furan rings is 1. The van der Waals surface area contributed by atoms with E-state index in [9.17, 15) is 0 Å². The number of benzene rings is 8. The molecule has 3 aromatic heterocycles. The lowest BCUT2D eigenvalue weighted by Gasteiger charge is -2.23. The highest BCUT2D eigenvalue weighted by Crippen LogP contribution is 2.41. The van der Waals surface area contributed by atoms with Crippen molar-refractivity contribution in [3.8, 4) is 11.4 Å². The summed E-state index contributed by atoms with van der Waals surface area (Å²) >= 11 is 0. The van der Waals surface area contributed by atoms with Crippen LogP contribution in [0.25, 0.3) is 76.9 Å².